The third kappa shape index (κ3) is 3.94. The minimum Gasteiger partial charge on any atom is -0.447 e. The van der Waals surface area contributed by atoms with Gasteiger partial charge in [0.15, 0.2) is 0 Å². The van der Waals surface area contributed by atoms with Crippen molar-refractivity contribution >= 4 is 23.3 Å². The number of carbonyl (C=O) groups excluding carboxylic acids is 2. The quantitative estimate of drug-likeness (QED) is 0.774. The van der Waals surface area contributed by atoms with Crippen LogP contribution in [-0.2, 0) is 22.6 Å². The Balaban J connectivity index is 1.49. The molecule has 3 heterocycles. The van der Waals surface area contributed by atoms with E-state index in [-0.39, 0.29) is 12.5 Å². The maximum absolute atomic E-state index is 12.4. The van der Waals surface area contributed by atoms with Gasteiger partial charge in [0.1, 0.15) is 12.6 Å². The highest BCUT2D eigenvalue weighted by atomic mass is 32.1. The lowest BCUT2D eigenvalue weighted by atomic mass is 10.2. The molecule has 24 heavy (non-hydrogen) atoms. The van der Waals surface area contributed by atoms with Crippen LogP contribution in [0.1, 0.15) is 16.2 Å². The molecule has 3 rings (SSSR count). The standard InChI is InChI=1S/C16H20N4O3S/c1-12-3-4-13(24-12)9-20-14(10-23-16(20)22)15(21)18-5-2-7-19-8-6-17-11-19/h3-4,6,8,11,14H,2,5,7,9-10H2,1H3,(H,18,21)/t14-/m0/s1. The first-order valence-electron chi connectivity index (χ1n) is 7.85. The molecule has 8 heteroatoms. The zero-order chi connectivity index (χ0) is 16.9. The highest BCUT2D eigenvalue weighted by Crippen LogP contribution is 2.21. The van der Waals surface area contributed by atoms with Crippen molar-refractivity contribution in [3.05, 3.63) is 40.6 Å². The van der Waals surface area contributed by atoms with E-state index in [0.29, 0.717) is 13.1 Å². The number of hydrogen-bond donors (Lipinski definition) is 1. The van der Waals surface area contributed by atoms with Gasteiger partial charge in [0.05, 0.1) is 12.9 Å². The van der Waals surface area contributed by atoms with Gasteiger partial charge in [0.2, 0.25) is 5.91 Å². The fourth-order valence-corrected chi connectivity index (χ4v) is 3.48. The van der Waals surface area contributed by atoms with Gasteiger partial charge in [-0.2, -0.15) is 0 Å². The van der Waals surface area contributed by atoms with Crippen LogP contribution in [0.15, 0.2) is 30.9 Å². The van der Waals surface area contributed by atoms with Gasteiger partial charge in [-0.3, -0.25) is 9.69 Å². The fourth-order valence-electron chi connectivity index (χ4n) is 2.59. The SMILES string of the molecule is Cc1ccc(CN2C(=O)OC[C@H]2C(=O)NCCCn2ccnc2)s1. The summed E-state index contributed by atoms with van der Waals surface area (Å²) in [5, 5.41) is 2.89. The topological polar surface area (TPSA) is 76.5 Å². The minimum atomic E-state index is -0.562. The summed E-state index contributed by atoms with van der Waals surface area (Å²) in [7, 11) is 0. The second kappa shape index (κ2) is 7.48. The number of rotatable bonds is 7. The lowest BCUT2D eigenvalue weighted by molar-refractivity contribution is -0.124. The molecule has 2 amide bonds. The number of cyclic esters (lactones) is 1. The van der Waals surface area contributed by atoms with Gasteiger partial charge in [-0.05, 0) is 25.5 Å². The van der Waals surface area contributed by atoms with Gasteiger partial charge in [0.25, 0.3) is 0 Å². The second-order valence-corrected chi connectivity index (χ2v) is 7.05. The first-order valence-corrected chi connectivity index (χ1v) is 8.67. The molecule has 1 atom stereocenters. The number of aryl methyl sites for hydroxylation is 2. The summed E-state index contributed by atoms with van der Waals surface area (Å²) in [5.41, 5.74) is 0. The summed E-state index contributed by atoms with van der Waals surface area (Å²) in [6, 6.07) is 3.42. The summed E-state index contributed by atoms with van der Waals surface area (Å²) in [6.45, 7) is 3.87. The van der Waals surface area contributed by atoms with Crippen LogP contribution in [0.5, 0.6) is 0 Å². The number of amides is 2. The van der Waals surface area contributed by atoms with Crippen molar-refractivity contribution in [3.63, 3.8) is 0 Å². The molecule has 0 spiro atoms. The van der Waals surface area contributed by atoms with E-state index in [2.05, 4.69) is 10.3 Å². The van der Waals surface area contributed by atoms with Crippen LogP contribution in [0.4, 0.5) is 4.79 Å². The molecule has 0 radical (unpaired) electrons. The molecule has 128 valence electrons. The van der Waals surface area contributed by atoms with Crippen LogP contribution in [-0.4, -0.2) is 45.6 Å². The van der Waals surface area contributed by atoms with Gasteiger partial charge >= 0.3 is 6.09 Å². The highest BCUT2D eigenvalue weighted by molar-refractivity contribution is 7.11. The Bertz CT molecular complexity index is 698. The van der Waals surface area contributed by atoms with Gasteiger partial charge in [-0.15, -0.1) is 11.3 Å². The Labute approximate surface area is 144 Å². The summed E-state index contributed by atoms with van der Waals surface area (Å²) in [6.07, 6.45) is 5.73. The van der Waals surface area contributed by atoms with E-state index >= 15 is 0 Å². The van der Waals surface area contributed by atoms with E-state index in [1.807, 2.05) is 29.8 Å². The van der Waals surface area contributed by atoms with Crippen molar-refractivity contribution in [1.82, 2.24) is 19.8 Å². The van der Waals surface area contributed by atoms with Crippen LogP contribution in [0.25, 0.3) is 0 Å². The Kier molecular flexibility index (Phi) is 5.14. The van der Waals surface area contributed by atoms with Crippen LogP contribution in [0, 0.1) is 6.92 Å². The zero-order valence-corrected chi connectivity index (χ0v) is 14.3. The van der Waals surface area contributed by atoms with Crippen LogP contribution < -0.4 is 5.32 Å². The van der Waals surface area contributed by atoms with E-state index in [4.69, 9.17) is 4.74 Å². The molecule has 0 aliphatic carbocycles. The minimum absolute atomic E-state index is 0.108. The number of ether oxygens (including phenoxy) is 1. The number of carbonyl (C=O) groups is 2. The fraction of sp³-hybridized carbons (Fsp3) is 0.438. The largest absolute Gasteiger partial charge is 0.447 e. The smallest absolute Gasteiger partial charge is 0.410 e. The number of aromatic nitrogens is 2. The van der Waals surface area contributed by atoms with E-state index in [1.165, 1.54) is 9.78 Å². The van der Waals surface area contributed by atoms with Gasteiger partial charge in [0, 0.05) is 35.2 Å². The lowest BCUT2D eigenvalue weighted by Gasteiger charge is -2.20. The van der Waals surface area contributed by atoms with E-state index in [0.717, 1.165) is 17.8 Å². The molecule has 0 bridgehead atoms. The maximum Gasteiger partial charge on any atom is 0.410 e. The molecule has 1 N–H and O–H groups in total. The van der Waals surface area contributed by atoms with Crippen molar-refractivity contribution in [1.29, 1.82) is 0 Å². The van der Waals surface area contributed by atoms with Crippen LogP contribution >= 0.6 is 11.3 Å². The van der Waals surface area contributed by atoms with E-state index in [1.54, 1.807) is 23.9 Å². The molecular formula is C16H20N4O3S. The summed E-state index contributed by atoms with van der Waals surface area (Å²) >= 11 is 1.62. The molecule has 1 fully saturated rings. The Morgan fingerprint density at radius 2 is 2.38 bits per heavy atom. The van der Waals surface area contributed by atoms with Gasteiger partial charge in [-0.1, -0.05) is 0 Å². The number of thiophene rings is 1. The lowest BCUT2D eigenvalue weighted by Crippen LogP contribution is -2.45. The molecule has 0 saturated carbocycles. The molecule has 0 aromatic carbocycles. The van der Waals surface area contributed by atoms with Crippen molar-refractivity contribution in [3.8, 4) is 0 Å². The molecular weight excluding hydrogens is 328 g/mol. The highest BCUT2D eigenvalue weighted by Gasteiger charge is 2.38. The first-order chi connectivity index (χ1) is 11.6. The number of nitrogens with zero attached hydrogens (tertiary/aromatic N) is 3. The predicted molar refractivity (Wildman–Crippen MR) is 89.6 cm³/mol. The summed E-state index contributed by atoms with van der Waals surface area (Å²) in [4.78, 5) is 32.0. The average molecular weight is 348 g/mol. The Hall–Kier alpha value is -2.35. The molecule has 2 aromatic heterocycles. The van der Waals surface area contributed by atoms with Gasteiger partial charge < -0.3 is 14.6 Å². The number of hydrogen-bond acceptors (Lipinski definition) is 5. The predicted octanol–water partition coefficient (Wildman–Crippen LogP) is 1.78. The average Bonchev–Trinajstić information content (AvgIpc) is 3.28. The van der Waals surface area contributed by atoms with Crippen molar-refractivity contribution in [2.24, 2.45) is 0 Å². The van der Waals surface area contributed by atoms with Gasteiger partial charge in [-0.25, -0.2) is 9.78 Å². The third-order valence-electron chi connectivity index (χ3n) is 3.85. The molecule has 1 saturated heterocycles. The molecule has 0 unspecified atom stereocenters. The van der Waals surface area contributed by atoms with Crippen LogP contribution in [0.3, 0.4) is 0 Å². The molecule has 2 aromatic rings. The monoisotopic (exact) mass is 348 g/mol. The summed E-state index contributed by atoms with van der Waals surface area (Å²) < 4.78 is 7.02. The van der Waals surface area contributed by atoms with E-state index < -0.39 is 12.1 Å². The normalized spacial score (nSPS) is 17.1. The molecule has 1 aliphatic heterocycles. The Morgan fingerprint density at radius 3 is 3.08 bits per heavy atom. The van der Waals surface area contributed by atoms with Crippen molar-refractivity contribution in [2.75, 3.05) is 13.2 Å². The zero-order valence-electron chi connectivity index (χ0n) is 13.5. The van der Waals surface area contributed by atoms with Crippen LogP contribution in [0.2, 0.25) is 0 Å². The number of imidazole rings is 1. The first kappa shape index (κ1) is 16.5. The molecule has 1 aliphatic rings. The van der Waals surface area contributed by atoms with Crippen molar-refractivity contribution < 1.29 is 14.3 Å². The van der Waals surface area contributed by atoms with E-state index in [9.17, 15) is 9.59 Å². The second-order valence-electron chi connectivity index (χ2n) is 5.68. The van der Waals surface area contributed by atoms with Crippen molar-refractivity contribution in [2.45, 2.75) is 32.5 Å². The summed E-state index contributed by atoms with van der Waals surface area (Å²) in [5.74, 6) is -0.167. The third-order valence-corrected chi connectivity index (χ3v) is 4.84. The molecule has 7 nitrogen and oxygen atoms in total. The Morgan fingerprint density at radius 1 is 1.50 bits per heavy atom. The maximum atomic E-state index is 12.4. The number of nitrogens with one attached hydrogen (secondary N) is 1.